The Morgan fingerprint density at radius 3 is 2.59 bits per heavy atom. The molecule has 0 unspecified atom stereocenters. The van der Waals surface area contributed by atoms with Crippen molar-refractivity contribution in [3.8, 4) is 34.3 Å². The van der Waals surface area contributed by atoms with Crippen molar-refractivity contribution < 1.29 is 36.8 Å². The highest BCUT2D eigenvalue weighted by Gasteiger charge is 2.62. The fourth-order valence-electron chi connectivity index (χ4n) is 7.25. The van der Waals surface area contributed by atoms with E-state index in [1.54, 1.807) is 36.6 Å². The van der Waals surface area contributed by atoms with Gasteiger partial charge in [0, 0.05) is 45.1 Å². The van der Waals surface area contributed by atoms with E-state index in [-0.39, 0.29) is 25.3 Å². The number of anilines is 1. The Hall–Kier alpha value is -5.78. The van der Waals surface area contributed by atoms with Gasteiger partial charge in [-0.3, -0.25) is 19.1 Å². The molecule has 8 rings (SSSR count). The third kappa shape index (κ3) is 8.01. The number of benzene rings is 2. The van der Waals surface area contributed by atoms with Gasteiger partial charge in [-0.05, 0) is 50.0 Å². The third-order valence-electron chi connectivity index (χ3n) is 10.7. The Kier molecular flexibility index (Phi) is 10.7. The number of likely N-dealkylation sites (tertiary alicyclic amines) is 1. The summed E-state index contributed by atoms with van der Waals surface area (Å²) in [5.41, 5.74) is 0.896. The Labute approximate surface area is 348 Å². The van der Waals surface area contributed by atoms with E-state index in [1.807, 2.05) is 30.3 Å². The smallest absolute Gasteiger partial charge is 0.259 e. The summed E-state index contributed by atoms with van der Waals surface area (Å²) in [5, 5.41) is 13.4. The van der Waals surface area contributed by atoms with Crippen LogP contribution >= 0.6 is 22.9 Å². The van der Waals surface area contributed by atoms with E-state index >= 15 is 0 Å². The van der Waals surface area contributed by atoms with E-state index in [1.165, 1.54) is 35.6 Å². The number of carbonyl (C=O) groups excluding carboxylic acids is 3. The van der Waals surface area contributed by atoms with Crippen LogP contribution in [0.1, 0.15) is 32.6 Å². The molecule has 18 heteroatoms. The zero-order valence-electron chi connectivity index (χ0n) is 32.0. The van der Waals surface area contributed by atoms with Gasteiger partial charge in [-0.1, -0.05) is 59.7 Å². The maximum atomic E-state index is 14.7. The number of fused-ring (bicyclic) bond motifs is 1. The summed E-state index contributed by atoms with van der Waals surface area (Å²) in [7, 11) is -2.39. The van der Waals surface area contributed by atoms with Gasteiger partial charge in [-0.2, -0.15) is 0 Å². The maximum Gasteiger partial charge on any atom is 0.259 e. The van der Waals surface area contributed by atoms with Gasteiger partial charge in [-0.25, -0.2) is 18.4 Å². The molecule has 59 heavy (non-hydrogen) atoms. The van der Waals surface area contributed by atoms with Gasteiger partial charge in [-0.15, -0.1) is 17.9 Å². The van der Waals surface area contributed by atoms with Crippen molar-refractivity contribution in [3.63, 3.8) is 0 Å². The van der Waals surface area contributed by atoms with Gasteiger partial charge in [0.1, 0.15) is 40.9 Å². The molecule has 3 aliphatic rings. The number of nitrogens with one attached hydrogen (secondary N) is 3. The standard InChI is InChI=1S/C41H40ClN7O8S2/c1-5-24-18-41(24,39(52)48-59(53,54)27-12-13-27)46-36(50)32-16-26(56-37-29-15-25(42)11-14-28(29)34(55-4)19-43-37)20-49(32)38(51)35(22(2)3)45-40-44-31(21-58-40)33-17-30(47-57-33)23-9-7-6-8-10-23/h5-11,14-15,17,19,21,24,26-27,32,35H,1-2,12-13,16,18,20H2,3-4H3,(H,44,45)(H,46,50)(H,48,52)/t24-,26-,32+,35+,41-/m1/s1. The van der Waals surface area contributed by atoms with Crippen LogP contribution in [0, 0.1) is 5.92 Å². The first kappa shape index (κ1) is 40.0. The van der Waals surface area contributed by atoms with Crippen LogP contribution in [0.3, 0.4) is 0 Å². The molecule has 0 radical (unpaired) electrons. The molecule has 1 saturated heterocycles. The highest BCUT2D eigenvalue weighted by Crippen LogP contribution is 2.46. The molecule has 5 aromatic rings. The lowest BCUT2D eigenvalue weighted by Gasteiger charge is -2.30. The van der Waals surface area contributed by atoms with Crippen LogP contribution in [0.4, 0.5) is 5.13 Å². The second-order valence-corrected chi connectivity index (χ2v) is 18.1. The second-order valence-electron chi connectivity index (χ2n) is 14.9. The van der Waals surface area contributed by atoms with Crippen molar-refractivity contribution in [1.29, 1.82) is 0 Å². The minimum Gasteiger partial charge on any atom is -0.494 e. The largest absolute Gasteiger partial charge is 0.494 e. The average Bonchev–Trinajstić information content (AvgIpc) is 4.01. The Balaban J connectivity index is 1.06. The average molecular weight is 858 g/mol. The number of methoxy groups -OCH3 is 1. The molecule has 3 fully saturated rings. The van der Waals surface area contributed by atoms with Gasteiger partial charge in [0.05, 0.1) is 25.1 Å². The molecule has 306 valence electrons. The molecule has 0 bridgehead atoms. The predicted octanol–water partition coefficient (Wildman–Crippen LogP) is 5.75. The zero-order chi connectivity index (χ0) is 41.6. The third-order valence-corrected chi connectivity index (χ3v) is 13.5. The monoisotopic (exact) mass is 857 g/mol. The van der Waals surface area contributed by atoms with Crippen molar-refractivity contribution in [3.05, 3.63) is 96.0 Å². The number of hydrogen-bond donors (Lipinski definition) is 3. The topological polar surface area (TPSA) is 195 Å². The van der Waals surface area contributed by atoms with Crippen molar-refractivity contribution in [2.75, 3.05) is 19.0 Å². The molecule has 5 atom stereocenters. The summed E-state index contributed by atoms with van der Waals surface area (Å²) in [6.07, 6.45) is 3.30. The summed E-state index contributed by atoms with van der Waals surface area (Å²) in [6.45, 7) is 9.50. The van der Waals surface area contributed by atoms with E-state index in [9.17, 15) is 22.8 Å². The number of sulfonamides is 1. The summed E-state index contributed by atoms with van der Waals surface area (Å²) < 4.78 is 45.2. The lowest BCUT2D eigenvalue weighted by Crippen LogP contribution is -2.57. The van der Waals surface area contributed by atoms with E-state index in [0.29, 0.717) is 62.2 Å². The first-order valence-corrected chi connectivity index (χ1v) is 21.6. The van der Waals surface area contributed by atoms with Crippen LogP contribution in [0.5, 0.6) is 11.6 Å². The minimum atomic E-state index is -3.92. The number of pyridine rings is 1. The molecule has 2 aliphatic carbocycles. The summed E-state index contributed by atoms with van der Waals surface area (Å²) in [6, 6.07) is 14.3. The van der Waals surface area contributed by atoms with Gasteiger partial charge >= 0.3 is 0 Å². The summed E-state index contributed by atoms with van der Waals surface area (Å²) >= 11 is 7.61. The van der Waals surface area contributed by atoms with Gasteiger partial charge in [0.2, 0.25) is 27.7 Å². The van der Waals surface area contributed by atoms with Crippen molar-refractivity contribution in [1.82, 2.24) is 30.1 Å². The van der Waals surface area contributed by atoms with Gasteiger partial charge in [0.25, 0.3) is 5.91 Å². The van der Waals surface area contributed by atoms with Crippen LogP contribution in [0.15, 0.2) is 95.5 Å². The normalized spacial score (nSPS) is 21.7. The van der Waals surface area contributed by atoms with E-state index < -0.39 is 62.6 Å². The van der Waals surface area contributed by atoms with Crippen LogP contribution in [-0.4, -0.2) is 88.8 Å². The fourth-order valence-corrected chi connectivity index (χ4v) is 9.52. The Morgan fingerprint density at radius 1 is 1.12 bits per heavy atom. The van der Waals surface area contributed by atoms with Crippen molar-refractivity contribution >= 4 is 66.6 Å². The highest BCUT2D eigenvalue weighted by atomic mass is 35.5. The molecular formula is C41H40ClN7O8S2. The minimum absolute atomic E-state index is 0.00369. The molecule has 15 nitrogen and oxygen atoms in total. The van der Waals surface area contributed by atoms with Crippen LogP contribution < -0.4 is 24.8 Å². The first-order valence-electron chi connectivity index (χ1n) is 18.8. The number of aromatic nitrogens is 3. The lowest BCUT2D eigenvalue weighted by atomic mass is 10.1. The molecule has 2 saturated carbocycles. The molecule has 3 N–H and O–H groups in total. The Bertz CT molecular complexity index is 2600. The summed E-state index contributed by atoms with van der Waals surface area (Å²) in [5.74, 6) is -1.41. The number of thiazole rings is 1. The van der Waals surface area contributed by atoms with Crippen molar-refractivity contribution in [2.24, 2.45) is 5.92 Å². The molecule has 0 spiro atoms. The lowest BCUT2D eigenvalue weighted by molar-refractivity contribution is -0.139. The first-order chi connectivity index (χ1) is 28.3. The number of halogens is 1. The van der Waals surface area contributed by atoms with Crippen LogP contribution in [0.2, 0.25) is 5.02 Å². The van der Waals surface area contributed by atoms with Gasteiger partial charge in [0.15, 0.2) is 10.9 Å². The van der Waals surface area contributed by atoms with E-state index in [4.69, 9.17) is 25.6 Å². The molecule has 4 heterocycles. The van der Waals surface area contributed by atoms with Crippen molar-refractivity contribution in [2.45, 2.75) is 61.6 Å². The second kappa shape index (κ2) is 15.8. The van der Waals surface area contributed by atoms with E-state index in [2.05, 4.69) is 43.6 Å². The molecule has 1 aliphatic heterocycles. The number of rotatable bonds is 15. The fraction of sp³-hybridized carbons (Fsp3) is 0.317. The number of ether oxygens (including phenoxy) is 2. The van der Waals surface area contributed by atoms with Crippen LogP contribution in [-0.2, 0) is 24.4 Å². The number of amides is 3. The molecule has 2 aromatic carbocycles. The molecular weight excluding hydrogens is 818 g/mol. The van der Waals surface area contributed by atoms with E-state index in [0.717, 1.165) is 5.56 Å². The number of carbonyl (C=O) groups is 3. The number of hydrogen-bond acceptors (Lipinski definition) is 13. The summed E-state index contributed by atoms with van der Waals surface area (Å²) in [4.78, 5) is 53.2. The highest BCUT2D eigenvalue weighted by molar-refractivity contribution is 7.91. The maximum absolute atomic E-state index is 14.7. The molecule has 3 aromatic heterocycles. The zero-order valence-corrected chi connectivity index (χ0v) is 34.4. The Morgan fingerprint density at radius 2 is 1.90 bits per heavy atom. The SMILES string of the molecule is C=C[C@@H]1C[C@]1(NC(=O)[C@@H]1C[C@@H](Oc2ncc(OC)c3ccc(Cl)cc23)CN1C(=O)[C@@H](Nc1nc(-c2cc(-c3ccccc3)no2)cs1)C(=C)C)C(=O)NS(=O)(=O)C1CC1. The quantitative estimate of drug-likeness (QED) is 0.108. The van der Waals surface area contributed by atoms with Crippen LogP contribution in [0.25, 0.3) is 33.5 Å². The van der Waals surface area contributed by atoms with Gasteiger partial charge < -0.3 is 29.5 Å². The number of nitrogens with zero attached hydrogens (tertiary/aromatic N) is 4. The predicted molar refractivity (Wildman–Crippen MR) is 222 cm³/mol. The molecule has 3 amide bonds.